The Labute approximate surface area is 202 Å². The first-order chi connectivity index (χ1) is 16.5. The molecule has 0 fully saturated rings. The van der Waals surface area contributed by atoms with Crippen molar-refractivity contribution >= 4 is 0 Å². The van der Waals surface area contributed by atoms with Crippen LogP contribution in [-0.4, -0.2) is 0 Å². The number of hydrogen-bond acceptors (Lipinski definition) is 2. The van der Waals surface area contributed by atoms with Gasteiger partial charge in [0.2, 0.25) is 0 Å². The third-order valence-electron chi connectivity index (χ3n) is 7.63. The van der Waals surface area contributed by atoms with Crippen LogP contribution in [-0.2, 0) is 21.0 Å². The average Bonchev–Trinajstić information content (AvgIpc) is 2.89. The molecule has 34 heavy (non-hydrogen) atoms. The molecule has 0 unspecified atom stereocenters. The normalized spacial score (nSPS) is 22.6. The molecule has 2 bridgehead atoms. The zero-order valence-electron chi connectivity index (χ0n) is 20.2. The van der Waals surface area contributed by atoms with Gasteiger partial charge >= 0.3 is 0 Å². The van der Waals surface area contributed by atoms with Gasteiger partial charge < -0.3 is 0 Å². The van der Waals surface area contributed by atoms with Crippen LogP contribution in [0.1, 0.15) is 84.0 Å². The summed E-state index contributed by atoms with van der Waals surface area (Å²) in [6.07, 6.45) is 0. The minimum atomic E-state index is -0.803. The lowest BCUT2D eigenvalue weighted by atomic mass is 9.62. The molecular weight excluding hydrogens is 416 g/mol. The molecule has 2 heterocycles. The van der Waals surface area contributed by atoms with E-state index in [2.05, 4.69) is 125 Å². The van der Waals surface area contributed by atoms with E-state index in [0.29, 0.717) is 11.8 Å². The highest BCUT2D eigenvalue weighted by Gasteiger charge is 2.60. The van der Waals surface area contributed by atoms with Crippen molar-refractivity contribution < 1.29 is 9.78 Å². The molecule has 4 aromatic carbocycles. The van der Waals surface area contributed by atoms with Crippen LogP contribution in [0.2, 0.25) is 0 Å². The number of benzene rings is 4. The van der Waals surface area contributed by atoms with Crippen LogP contribution in [0.15, 0.2) is 97.1 Å². The molecular formula is C32H30O2. The summed E-state index contributed by atoms with van der Waals surface area (Å²) in [4.78, 5) is 13.1. The van der Waals surface area contributed by atoms with E-state index >= 15 is 0 Å². The summed E-state index contributed by atoms with van der Waals surface area (Å²) in [6, 6.07) is 34.8. The van der Waals surface area contributed by atoms with Crippen LogP contribution >= 0.6 is 0 Å². The van der Waals surface area contributed by atoms with Crippen molar-refractivity contribution in [1.82, 2.24) is 0 Å². The second-order valence-corrected chi connectivity index (χ2v) is 10.2. The van der Waals surface area contributed by atoms with Crippen LogP contribution < -0.4 is 0 Å². The fourth-order valence-corrected chi connectivity index (χ4v) is 5.71. The van der Waals surface area contributed by atoms with E-state index in [9.17, 15) is 0 Å². The Morgan fingerprint density at radius 3 is 1.00 bits per heavy atom. The maximum atomic E-state index is 6.54. The average molecular weight is 447 g/mol. The van der Waals surface area contributed by atoms with Gasteiger partial charge in [-0.2, -0.15) is 0 Å². The summed E-state index contributed by atoms with van der Waals surface area (Å²) in [5.74, 6) is 0.949. The molecule has 0 atom stereocenters. The minimum Gasteiger partial charge on any atom is -0.214 e. The van der Waals surface area contributed by atoms with Crippen molar-refractivity contribution in [2.45, 2.75) is 50.7 Å². The summed E-state index contributed by atoms with van der Waals surface area (Å²) in [6.45, 7) is 8.88. The van der Waals surface area contributed by atoms with Gasteiger partial charge in [0.05, 0.1) is 0 Å². The lowest BCUT2D eigenvalue weighted by molar-refractivity contribution is -0.410. The van der Waals surface area contributed by atoms with E-state index in [1.165, 1.54) is 11.1 Å². The molecule has 0 saturated carbocycles. The maximum Gasteiger partial charge on any atom is 0.179 e. The molecule has 2 heteroatoms. The summed E-state index contributed by atoms with van der Waals surface area (Å²) in [5, 5.41) is 0. The van der Waals surface area contributed by atoms with E-state index in [1.54, 1.807) is 0 Å². The van der Waals surface area contributed by atoms with Gasteiger partial charge in [0, 0.05) is 22.3 Å². The smallest absolute Gasteiger partial charge is 0.179 e. The largest absolute Gasteiger partial charge is 0.214 e. The zero-order chi connectivity index (χ0) is 23.5. The summed E-state index contributed by atoms with van der Waals surface area (Å²) in [5.41, 5.74) is 7.76. The molecule has 7 rings (SSSR count). The number of rotatable bonds is 4. The lowest BCUT2D eigenvalue weighted by Crippen LogP contribution is -2.53. The quantitative estimate of drug-likeness (QED) is 0.298. The molecule has 0 amide bonds. The van der Waals surface area contributed by atoms with Crippen molar-refractivity contribution in [2.24, 2.45) is 0 Å². The topological polar surface area (TPSA) is 18.5 Å². The Kier molecular flexibility index (Phi) is 4.81. The first kappa shape index (κ1) is 21.3. The molecule has 4 aromatic rings. The van der Waals surface area contributed by atoms with Crippen molar-refractivity contribution in [1.29, 1.82) is 0 Å². The Hall–Kier alpha value is -3.20. The van der Waals surface area contributed by atoms with Gasteiger partial charge in [-0.1, -0.05) is 125 Å². The minimum absolute atomic E-state index is 0.475. The molecule has 2 nitrogen and oxygen atoms in total. The second-order valence-electron chi connectivity index (χ2n) is 10.2. The lowest BCUT2D eigenvalue weighted by Gasteiger charge is -2.53. The highest BCUT2D eigenvalue weighted by molar-refractivity contribution is 5.66. The standard InChI is InChI=1S/C32H30O2/c1-21(2)23-13-17-25(18-14-23)31-27-9-5-7-11-29(27)32(34-33-31,30-12-8-6-10-28(30)31)26-19-15-24(16-20-26)22(3)4/h5-22H,1-4H3. The maximum absolute atomic E-state index is 6.54. The van der Waals surface area contributed by atoms with Crippen molar-refractivity contribution in [3.05, 3.63) is 142 Å². The number of fused-ring (bicyclic) bond motifs is 1. The third kappa shape index (κ3) is 2.76. The Bertz CT molecular complexity index is 1190. The van der Waals surface area contributed by atoms with Crippen LogP contribution in [0, 0.1) is 0 Å². The Balaban J connectivity index is 1.63. The first-order valence-corrected chi connectivity index (χ1v) is 12.3. The SMILES string of the molecule is CC(C)c1ccc(C23OOC(c4ccc(C(C)C)cc4)(c4ccccc42)c2ccccc23)cc1. The predicted octanol–water partition coefficient (Wildman–Crippen LogP) is 7.79. The molecule has 1 aliphatic carbocycles. The highest BCUT2D eigenvalue weighted by Crippen LogP contribution is 2.61. The number of hydrogen-bond donors (Lipinski definition) is 0. The Morgan fingerprint density at radius 2 is 0.735 bits per heavy atom. The molecule has 170 valence electrons. The van der Waals surface area contributed by atoms with Crippen LogP contribution in [0.5, 0.6) is 0 Å². The molecule has 0 spiro atoms. The van der Waals surface area contributed by atoms with E-state index in [1.807, 2.05) is 0 Å². The van der Waals surface area contributed by atoms with Gasteiger partial charge in [-0.15, -0.1) is 0 Å². The molecule has 0 radical (unpaired) electrons. The van der Waals surface area contributed by atoms with Gasteiger partial charge in [-0.05, 0) is 34.1 Å². The monoisotopic (exact) mass is 446 g/mol. The fraction of sp³-hybridized carbons (Fsp3) is 0.250. The van der Waals surface area contributed by atoms with Crippen molar-refractivity contribution in [3.8, 4) is 0 Å². The van der Waals surface area contributed by atoms with Gasteiger partial charge in [-0.25, -0.2) is 9.78 Å². The first-order valence-electron chi connectivity index (χ1n) is 12.3. The molecule has 0 N–H and O–H groups in total. The third-order valence-corrected chi connectivity index (χ3v) is 7.63. The summed E-state index contributed by atoms with van der Waals surface area (Å²) >= 11 is 0. The van der Waals surface area contributed by atoms with E-state index in [4.69, 9.17) is 9.78 Å². The molecule has 2 aliphatic heterocycles. The highest BCUT2D eigenvalue weighted by atomic mass is 17.2. The van der Waals surface area contributed by atoms with Crippen molar-refractivity contribution in [2.75, 3.05) is 0 Å². The molecule has 0 saturated heterocycles. The van der Waals surface area contributed by atoms with Gasteiger partial charge in [0.1, 0.15) is 0 Å². The molecule has 0 aromatic heterocycles. The van der Waals surface area contributed by atoms with Crippen LogP contribution in [0.4, 0.5) is 0 Å². The van der Waals surface area contributed by atoms with Crippen LogP contribution in [0.3, 0.4) is 0 Å². The van der Waals surface area contributed by atoms with E-state index in [-0.39, 0.29) is 0 Å². The Morgan fingerprint density at radius 1 is 0.441 bits per heavy atom. The summed E-state index contributed by atoms with van der Waals surface area (Å²) < 4.78 is 0. The van der Waals surface area contributed by atoms with E-state index < -0.39 is 11.2 Å². The zero-order valence-corrected chi connectivity index (χ0v) is 20.2. The molecule has 3 aliphatic rings. The predicted molar refractivity (Wildman–Crippen MR) is 136 cm³/mol. The second kappa shape index (κ2) is 7.66. The van der Waals surface area contributed by atoms with Crippen LogP contribution in [0.25, 0.3) is 0 Å². The van der Waals surface area contributed by atoms with Crippen molar-refractivity contribution in [3.63, 3.8) is 0 Å². The van der Waals surface area contributed by atoms with Gasteiger partial charge in [-0.3, -0.25) is 0 Å². The van der Waals surface area contributed by atoms with E-state index in [0.717, 1.165) is 33.4 Å². The van der Waals surface area contributed by atoms with Gasteiger partial charge in [0.15, 0.2) is 11.2 Å². The fourth-order valence-electron chi connectivity index (χ4n) is 5.71. The summed E-state index contributed by atoms with van der Waals surface area (Å²) in [7, 11) is 0. The van der Waals surface area contributed by atoms with Gasteiger partial charge in [0.25, 0.3) is 0 Å².